The second-order valence-electron chi connectivity index (χ2n) is 4.11. The maximum absolute atomic E-state index is 10.7. The van der Waals surface area contributed by atoms with Crippen LogP contribution in [-0.2, 0) is 0 Å². The number of carboxylic acid groups (broad SMARTS) is 1. The monoisotopic (exact) mass is 256 g/mol. The van der Waals surface area contributed by atoms with Crippen molar-refractivity contribution in [3.8, 4) is 0 Å². The van der Waals surface area contributed by atoms with E-state index in [1.54, 1.807) is 12.1 Å². The van der Waals surface area contributed by atoms with Crippen molar-refractivity contribution in [1.82, 2.24) is 4.98 Å². The molecule has 2 heterocycles. The Hall–Kier alpha value is -1.29. The molecule has 0 aliphatic carbocycles. The molecule has 1 aliphatic rings. The van der Waals surface area contributed by atoms with Crippen molar-refractivity contribution < 1.29 is 9.90 Å². The zero-order valence-electron chi connectivity index (χ0n) is 9.63. The predicted molar refractivity (Wildman–Crippen MR) is 69.1 cm³/mol. The summed E-state index contributed by atoms with van der Waals surface area (Å²) in [6, 6.07) is 3.42. The minimum Gasteiger partial charge on any atom is -0.478 e. The van der Waals surface area contributed by atoms with Crippen molar-refractivity contribution in [2.24, 2.45) is 0 Å². The molecule has 17 heavy (non-hydrogen) atoms. The fraction of sp³-hybridized carbons (Fsp3) is 0.500. The minimum atomic E-state index is -0.921. The molecule has 2 rings (SSSR count). The van der Waals surface area contributed by atoms with E-state index in [1.165, 1.54) is 31.9 Å². The lowest BCUT2D eigenvalue weighted by atomic mass is 10.2. The Balaban J connectivity index is 0.00000144. The van der Waals surface area contributed by atoms with Gasteiger partial charge in [-0.15, -0.1) is 12.4 Å². The fourth-order valence-electron chi connectivity index (χ4n) is 2.00. The number of rotatable bonds is 2. The van der Waals surface area contributed by atoms with Crippen molar-refractivity contribution in [3.05, 3.63) is 23.9 Å². The van der Waals surface area contributed by atoms with E-state index < -0.39 is 5.97 Å². The summed E-state index contributed by atoms with van der Waals surface area (Å²) in [6.45, 7) is 2.05. The van der Waals surface area contributed by atoms with Gasteiger partial charge in [-0.1, -0.05) is 12.8 Å². The Bertz CT molecular complexity index is 359. The lowest BCUT2D eigenvalue weighted by Gasteiger charge is -2.21. The number of carboxylic acids is 1. The Labute approximate surface area is 107 Å². The van der Waals surface area contributed by atoms with Crippen LogP contribution in [0.5, 0.6) is 0 Å². The molecule has 0 spiro atoms. The molecule has 1 aliphatic heterocycles. The quantitative estimate of drug-likeness (QED) is 0.884. The van der Waals surface area contributed by atoms with Gasteiger partial charge >= 0.3 is 5.97 Å². The van der Waals surface area contributed by atoms with Crippen LogP contribution in [0.2, 0.25) is 0 Å². The molecule has 0 saturated carbocycles. The van der Waals surface area contributed by atoms with Crippen molar-refractivity contribution in [2.45, 2.75) is 25.7 Å². The Morgan fingerprint density at radius 2 is 1.82 bits per heavy atom. The average molecular weight is 257 g/mol. The molecule has 5 heteroatoms. The van der Waals surface area contributed by atoms with Crippen molar-refractivity contribution in [3.63, 3.8) is 0 Å². The van der Waals surface area contributed by atoms with Crippen LogP contribution in [0.25, 0.3) is 0 Å². The van der Waals surface area contributed by atoms with Crippen LogP contribution in [0, 0.1) is 0 Å². The summed E-state index contributed by atoms with van der Waals surface area (Å²) in [5.41, 5.74) is 0.249. The van der Waals surface area contributed by atoms with Gasteiger partial charge in [0.2, 0.25) is 0 Å². The molecular formula is C12H17ClN2O2. The third kappa shape index (κ3) is 3.60. The molecule has 1 aromatic rings. The molecule has 1 N–H and O–H groups in total. The first-order chi connectivity index (χ1) is 7.77. The molecule has 94 valence electrons. The lowest BCUT2D eigenvalue weighted by Crippen LogP contribution is -2.24. The van der Waals surface area contributed by atoms with Crippen molar-refractivity contribution >= 4 is 24.2 Å². The van der Waals surface area contributed by atoms with Gasteiger partial charge in [0.05, 0.1) is 5.56 Å². The van der Waals surface area contributed by atoms with Crippen LogP contribution in [0.15, 0.2) is 18.3 Å². The van der Waals surface area contributed by atoms with E-state index in [0.29, 0.717) is 0 Å². The smallest absolute Gasteiger partial charge is 0.337 e. The molecule has 1 fully saturated rings. The normalized spacial score (nSPS) is 15.9. The lowest BCUT2D eigenvalue weighted by molar-refractivity contribution is 0.0696. The molecule has 0 atom stereocenters. The summed E-state index contributed by atoms with van der Waals surface area (Å²) in [6.07, 6.45) is 6.39. The molecule has 0 amide bonds. The predicted octanol–water partition coefficient (Wildman–Crippen LogP) is 2.58. The summed E-state index contributed by atoms with van der Waals surface area (Å²) >= 11 is 0. The summed E-state index contributed by atoms with van der Waals surface area (Å²) in [5, 5.41) is 8.78. The van der Waals surface area contributed by atoms with Gasteiger partial charge < -0.3 is 10.0 Å². The van der Waals surface area contributed by atoms with Gasteiger partial charge in [0.1, 0.15) is 5.82 Å². The van der Waals surface area contributed by atoms with E-state index in [1.807, 2.05) is 0 Å². The molecule has 0 radical (unpaired) electrons. The summed E-state index contributed by atoms with van der Waals surface area (Å²) in [5.74, 6) is -0.0261. The maximum Gasteiger partial charge on any atom is 0.337 e. The highest BCUT2D eigenvalue weighted by Gasteiger charge is 2.11. The third-order valence-electron chi connectivity index (χ3n) is 2.92. The number of aromatic carboxylic acids is 1. The van der Waals surface area contributed by atoms with Crippen LogP contribution >= 0.6 is 12.4 Å². The van der Waals surface area contributed by atoms with Gasteiger partial charge in [-0.2, -0.15) is 0 Å². The zero-order chi connectivity index (χ0) is 11.4. The molecule has 0 aromatic carbocycles. The summed E-state index contributed by atoms with van der Waals surface area (Å²) in [4.78, 5) is 17.1. The zero-order valence-corrected chi connectivity index (χ0v) is 10.4. The highest BCUT2D eigenvalue weighted by molar-refractivity contribution is 5.87. The molecule has 4 nitrogen and oxygen atoms in total. The minimum absolute atomic E-state index is 0. The summed E-state index contributed by atoms with van der Waals surface area (Å²) in [7, 11) is 0. The van der Waals surface area contributed by atoms with Gasteiger partial charge in [-0.25, -0.2) is 9.78 Å². The number of hydrogen-bond donors (Lipinski definition) is 1. The van der Waals surface area contributed by atoms with Crippen molar-refractivity contribution in [1.29, 1.82) is 0 Å². The topological polar surface area (TPSA) is 53.4 Å². The summed E-state index contributed by atoms with van der Waals surface area (Å²) < 4.78 is 0. The number of halogens is 1. The molecular weight excluding hydrogens is 240 g/mol. The number of anilines is 1. The SMILES string of the molecule is Cl.O=C(O)c1ccc(N2CCCCCC2)nc1. The van der Waals surface area contributed by atoms with E-state index in [2.05, 4.69) is 9.88 Å². The Morgan fingerprint density at radius 1 is 1.18 bits per heavy atom. The standard InChI is InChI=1S/C12H16N2O2.ClH/c15-12(16)10-5-6-11(13-9-10)14-7-3-1-2-4-8-14;/h5-6,9H,1-4,7-8H2,(H,15,16);1H. The van der Waals surface area contributed by atoms with E-state index in [-0.39, 0.29) is 18.0 Å². The highest BCUT2D eigenvalue weighted by atomic mass is 35.5. The van der Waals surface area contributed by atoms with Crippen LogP contribution in [-0.4, -0.2) is 29.1 Å². The largest absolute Gasteiger partial charge is 0.478 e. The molecule has 0 bridgehead atoms. The van der Waals surface area contributed by atoms with Crippen LogP contribution < -0.4 is 4.90 Å². The van der Waals surface area contributed by atoms with Crippen molar-refractivity contribution in [2.75, 3.05) is 18.0 Å². The van der Waals surface area contributed by atoms with Crippen LogP contribution in [0.1, 0.15) is 36.0 Å². The van der Waals surface area contributed by atoms with Crippen LogP contribution in [0.4, 0.5) is 5.82 Å². The first-order valence-corrected chi connectivity index (χ1v) is 5.71. The van der Waals surface area contributed by atoms with Crippen LogP contribution in [0.3, 0.4) is 0 Å². The molecule has 1 aromatic heterocycles. The van der Waals surface area contributed by atoms with E-state index >= 15 is 0 Å². The Kier molecular flexibility index (Phi) is 5.22. The van der Waals surface area contributed by atoms with Gasteiger partial charge in [0.25, 0.3) is 0 Å². The van der Waals surface area contributed by atoms with E-state index in [0.717, 1.165) is 18.9 Å². The number of pyridine rings is 1. The maximum atomic E-state index is 10.7. The number of aromatic nitrogens is 1. The Morgan fingerprint density at radius 3 is 2.29 bits per heavy atom. The van der Waals surface area contributed by atoms with E-state index in [9.17, 15) is 4.79 Å². The van der Waals surface area contributed by atoms with Gasteiger partial charge in [0.15, 0.2) is 0 Å². The number of nitrogens with zero attached hydrogens (tertiary/aromatic N) is 2. The number of hydrogen-bond acceptors (Lipinski definition) is 3. The molecule has 1 saturated heterocycles. The van der Waals surface area contributed by atoms with Gasteiger partial charge in [-0.3, -0.25) is 0 Å². The second kappa shape index (κ2) is 6.45. The first kappa shape index (κ1) is 13.8. The number of carbonyl (C=O) groups is 1. The first-order valence-electron chi connectivity index (χ1n) is 5.71. The van der Waals surface area contributed by atoms with Gasteiger partial charge in [0, 0.05) is 19.3 Å². The third-order valence-corrected chi connectivity index (χ3v) is 2.92. The second-order valence-corrected chi connectivity index (χ2v) is 4.11. The highest BCUT2D eigenvalue weighted by Crippen LogP contribution is 2.17. The average Bonchev–Trinajstić information content (AvgIpc) is 2.57. The van der Waals surface area contributed by atoms with Gasteiger partial charge in [-0.05, 0) is 25.0 Å². The fourth-order valence-corrected chi connectivity index (χ4v) is 2.00. The van der Waals surface area contributed by atoms with E-state index in [4.69, 9.17) is 5.11 Å². The molecule has 0 unspecified atom stereocenters.